The molecule has 0 bridgehead atoms. The summed E-state index contributed by atoms with van der Waals surface area (Å²) < 4.78 is 14.1. The van der Waals surface area contributed by atoms with Gasteiger partial charge in [0.05, 0.1) is 5.69 Å². The fourth-order valence-corrected chi connectivity index (χ4v) is 1.68. The smallest absolute Gasteiger partial charge is 0.274 e. The Morgan fingerprint density at radius 1 is 1.18 bits per heavy atom. The van der Waals surface area contributed by atoms with Crippen LogP contribution in [0.1, 0.15) is 0 Å². The van der Waals surface area contributed by atoms with Gasteiger partial charge in [-0.25, -0.2) is 4.39 Å². The lowest BCUT2D eigenvalue weighted by molar-refractivity contribution is 0.628. The molecule has 0 radical (unpaired) electrons. The SMILES string of the molecule is O=c1cc[nH]c2cc(-c3ccc(F)cc3)nn12. The van der Waals surface area contributed by atoms with E-state index < -0.39 is 0 Å². The molecule has 3 rings (SSSR count). The standard InChI is InChI=1S/C12H8FN3O/c13-9-3-1-8(2-4-9)10-7-11-14-6-5-12(17)16(11)15-10/h1-7,14H. The first kappa shape index (κ1) is 9.77. The topological polar surface area (TPSA) is 50.2 Å². The van der Waals surface area contributed by atoms with Gasteiger partial charge < -0.3 is 4.98 Å². The predicted octanol–water partition coefficient (Wildman–Crippen LogP) is 1.83. The van der Waals surface area contributed by atoms with E-state index in [1.165, 1.54) is 22.7 Å². The first-order valence-corrected chi connectivity index (χ1v) is 5.07. The summed E-state index contributed by atoms with van der Waals surface area (Å²) >= 11 is 0. The number of nitrogens with zero attached hydrogens (tertiary/aromatic N) is 2. The van der Waals surface area contributed by atoms with E-state index in [-0.39, 0.29) is 11.4 Å². The van der Waals surface area contributed by atoms with Crippen LogP contribution in [0.4, 0.5) is 4.39 Å². The molecule has 0 aliphatic heterocycles. The molecule has 0 amide bonds. The molecule has 0 unspecified atom stereocenters. The number of aromatic nitrogens is 3. The van der Waals surface area contributed by atoms with Crippen LogP contribution < -0.4 is 5.56 Å². The van der Waals surface area contributed by atoms with Crippen molar-refractivity contribution in [2.24, 2.45) is 0 Å². The Bertz CT molecular complexity index is 727. The highest BCUT2D eigenvalue weighted by atomic mass is 19.1. The first-order valence-electron chi connectivity index (χ1n) is 5.07. The normalized spacial score (nSPS) is 10.9. The lowest BCUT2D eigenvalue weighted by atomic mass is 10.1. The van der Waals surface area contributed by atoms with Crippen LogP contribution in [-0.2, 0) is 0 Å². The summed E-state index contributed by atoms with van der Waals surface area (Å²) in [6.07, 6.45) is 1.56. The van der Waals surface area contributed by atoms with E-state index in [1.807, 2.05) is 0 Å². The van der Waals surface area contributed by atoms with Crippen molar-refractivity contribution >= 4 is 5.65 Å². The summed E-state index contributed by atoms with van der Waals surface area (Å²) in [6.45, 7) is 0. The molecule has 0 spiro atoms. The zero-order valence-electron chi connectivity index (χ0n) is 8.72. The number of halogens is 1. The van der Waals surface area contributed by atoms with Crippen LogP contribution in [0.5, 0.6) is 0 Å². The number of hydrogen-bond acceptors (Lipinski definition) is 2. The second kappa shape index (κ2) is 3.55. The summed E-state index contributed by atoms with van der Waals surface area (Å²) in [5, 5.41) is 4.16. The highest BCUT2D eigenvalue weighted by Crippen LogP contribution is 2.18. The van der Waals surface area contributed by atoms with E-state index in [1.54, 1.807) is 24.4 Å². The van der Waals surface area contributed by atoms with Crippen LogP contribution >= 0.6 is 0 Å². The lowest BCUT2D eigenvalue weighted by Crippen LogP contribution is -2.12. The van der Waals surface area contributed by atoms with E-state index in [0.717, 1.165) is 5.56 Å². The maximum absolute atomic E-state index is 12.8. The van der Waals surface area contributed by atoms with E-state index in [2.05, 4.69) is 10.1 Å². The van der Waals surface area contributed by atoms with Gasteiger partial charge in [-0.3, -0.25) is 4.79 Å². The van der Waals surface area contributed by atoms with Gasteiger partial charge in [-0.1, -0.05) is 0 Å². The number of nitrogens with one attached hydrogen (secondary N) is 1. The molecular weight excluding hydrogens is 221 g/mol. The van der Waals surface area contributed by atoms with Crippen molar-refractivity contribution in [2.75, 3.05) is 0 Å². The van der Waals surface area contributed by atoms with Gasteiger partial charge in [0.1, 0.15) is 11.5 Å². The molecule has 5 heteroatoms. The average Bonchev–Trinajstić information content (AvgIpc) is 2.75. The second-order valence-corrected chi connectivity index (χ2v) is 3.65. The van der Waals surface area contributed by atoms with Gasteiger partial charge in [-0.05, 0) is 24.3 Å². The molecule has 2 heterocycles. The minimum atomic E-state index is -0.298. The monoisotopic (exact) mass is 229 g/mol. The Morgan fingerprint density at radius 2 is 1.94 bits per heavy atom. The van der Waals surface area contributed by atoms with Crippen LogP contribution in [0.2, 0.25) is 0 Å². The molecule has 84 valence electrons. The van der Waals surface area contributed by atoms with Gasteiger partial charge in [0.25, 0.3) is 5.56 Å². The molecule has 1 aromatic carbocycles. The number of hydrogen-bond donors (Lipinski definition) is 1. The molecule has 17 heavy (non-hydrogen) atoms. The Morgan fingerprint density at radius 3 is 2.65 bits per heavy atom. The molecule has 2 aromatic heterocycles. The molecule has 0 fully saturated rings. The number of H-pyrrole nitrogens is 1. The fraction of sp³-hybridized carbons (Fsp3) is 0. The van der Waals surface area contributed by atoms with E-state index in [4.69, 9.17) is 0 Å². The third kappa shape index (κ3) is 1.61. The molecule has 3 aromatic rings. The van der Waals surface area contributed by atoms with Gasteiger partial charge in [-0.2, -0.15) is 9.61 Å². The molecule has 0 atom stereocenters. The fourth-order valence-electron chi connectivity index (χ4n) is 1.68. The highest BCUT2D eigenvalue weighted by Gasteiger charge is 2.05. The largest absolute Gasteiger partial charge is 0.346 e. The van der Waals surface area contributed by atoms with E-state index in [0.29, 0.717) is 11.3 Å². The van der Waals surface area contributed by atoms with Crippen molar-refractivity contribution in [3.05, 3.63) is 58.8 Å². The molecule has 1 N–H and O–H groups in total. The quantitative estimate of drug-likeness (QED) is 0.692. The maximum atomic E-state index is 12.8. The van der Waals surface area contributed by atoms with Crippen molar-refractivity contribution in [3.63, 3.8) is 0 Å². The van der Waals surface area contributed by atoms with Crippen LogP contribution in [0, 0.1) is 5.82 Å². The molecular formula is C12H8FN3O. The minimum Gasteiger partial charge on any atom is -0.346 e. The Balaban J connectivity index is 2.21. The summed E-state index contributed by atoms with van der Waals surface area (Å²) in [4.78, 5) is 14.4. The molecule has 0 saturated heterocycles. The molecule has 4 nitrogen and oxygen atoms in total. The summed E-state index contributed by atoms with van der Waals surface area (Å²) in [6, 6.07) is 9.12. The Hall–Kier alpha value is -2.43. The number of rotatable bonds is 1. The first-order chi connectivity index (χ1) is 8.24. The number of fused-ring (bicyclic) bond motifs is 1. The van der Waals surface area contributed by atoms with Crippen molar-refractivity contribution in [1.82, 2.24) is 14.6 Å². The minimum absolute atomic E-state index is 0.202. The summed E-state index contributed by atoms with van der Waals surface area (Å²) in [7, 11) is 0. The van der Waals surface area contributed by atoms with Crippen LogP contribution in [0.15, 0.2) is 47.4 Å². The van der Waals surface area contributed by atoms with Gasteiger partial charge >= 0.3 is 0 Å². The maximum Gasteiger partial charge on any atom is 0.274 e. The zero-order chi connectivity index (χ0) is 11.8. The second-order valence-electron chi connectivity index (χ2n) is 3.65. The molecule has 0 aliphatic rings. The molecule has 0 saturated carbocycles. The highest BCUT2D eigenvalue weighted by molar-refractivity contribution is 5.63. The summed E-state index contributed by atoms with van der Waals surface area (Å²) in [5.41, 5.74) is 1.80. The zero-order valence-corrected chi connectivity index (χ0v) is 8.72. The van der Waals surface area contributed by atoms with Gasteiger partial charge in [0.15, 0.2) is 0 Å². The predicted molar refractivity (Wildman–Crippen MR) is 61.2 cm³/mol. The van der Waals surface area contributed by atoms with Crippen LogP contribution in [0.3, 0.4) is 0 Å². The van der Waals surface area contributed by atoms with E-state index >= 15 is 0 Å². The Labute approximate surface area is 95.3 Å². The van der Waals surface area contributed by atoms with E-state index in [9.17, 15) is 9.18 Å². The Kier molecular flexibility index (Phi) is 2.04. The number of aromatic amines is 1. The lowest BCUT2D eigenvalue weighted by Gasteiger charge is -1.94. The van der Waals surface area contributed by atoms with Crippen molar-refractivity contribution in [3.8, 4) is 11.3 Å². The average molecular weight is 229 g/mol. The third-order valence-corrected chi connectivity index (χ3v) is 2.52. The third-order valence-electron chi connectivity index (χ3n) is 2.52. The van der Waals surface area contributed by atoms with Gasteiger partial charge in [0, 0.05) is 23.9 Å². The van der Waals surface area contributed by atoms with Crippen molar-refractivity contribution in [2.45, 2.75) is 0 Å². The van der Waals surface area contributed by atoms with Crippen LogP contribution in [0.25, 0.3) is 16.9 Å². The summed E-state index contributed by atoms with van der Waals surface area (Å²) in [5.74, 6) is -0.298. The van der Waals surface area contributed by atoms with Gasteiger partial charge in [-0.15, -0.1) is 0 Å². The molecule has 0 aliphatic carbocycles. The number of benzene rings is 1. The van der Waals surface area contributed by atoms with Gasteiger partial charge in [0.2, 0.25) is 0 Å². The van der Waals surface area contributed by atoms with Crippen molar-refractivity contribution in [1.29, 1.82) is 0 Å². The van der Waals surface area contributed by atoms with Crippen LogP contribution in [-0.4, -0.2) is 14.6 Å². The van der Waals surface area contributed by atoms with Crippen molar-refractivity contribution < 1.29 is 4.39 Å².